The molecule has 15 heteroatoms. The summed E-state index contributed by atoms with van der Waals surface area (Å²) in [6, 6.07) is 33.7. The minimum absolute atomic E-state index is 0.175. The Morgan fingerprint density at radius 1 is 0.444 bits per heavy atom. The van der Waals surface area contributed by atoms with E-state index < -0.39 is 11.9 Å². The second-order valence-electron chi connectivity index (χ2n) is 20.7. The highest BCUT2D eigenvalue weighted by atomic mass is 16.5. The first-order chi connectivity index (χ1) is 39.6. The third-order valence-corrected chi connectivity index (χ3v) is 14.8. The molecular weight excluding hydrogens is 1030 g/mol. The van der Waals surface area contributed by atoms with Gasteiger partial charge in [0.2, 0.25) is 5.88 Å². The van der Waals surface area contributed by atoms with Crippen LogP contribution in [0, 0.1) is 23.7 Å². The van der Waals surface area contributed by atoms with Crippen LogP contribution in [0.25, 0.3) is 21.7 Å². The van der Waals surface area contributed by atoms with Crippen LogP contribution in [0.5, 0.6) is 51.9 Å². The quantitative estimate of drug-likeness (QED) is 0.0132. The van der Waals surface area contributed by atoms with Gasteiger partial charge in [-0.15, -0.1) is 0 Å². The van der Waals surface area contributed by atoms with E-state index in [0.29, 0.717) is 91.7 Å². The van der Waals surface area contributed by atoms with E-state index in [9.17, 15) is 19.2 Å². The third kappa shape index (κ3) is 18.5. The summed E-state index contributed by atoms with van der Waals surface area (Å²) in [4.78, 5) is 53.7. The van der Waals surface area contributed by atoms with Gasteiger partial charge in [-0.3, -0.25) is 9.59 Å². The zero-order chi connectivity index (χ0) is 56.6. The highest BCUT2D eigenvalue weighted by Gasteiger charge is 2.30. The van der Waals surface area contributed by atoms with Crippen molar-refractivity contribution in [2.24, 2.45) is 23.7 Å². The van der Waals surface area contributed by atoms with Gasteiger partial charge in [0.15, 0.2) is 0 Å². The molecular formula is C66H75NO14. The van der Waals surface area contributed by atoms with Crippen molar-refractivity contribution in [3.05, 3.63) is 135 Å². The molecule has 8 rings (SSSR count). The lowest BCUT2D eigenvalue weighted by Crippen LogP contribution is -2.27. The SMILES string of the molecule is C=CC(=O)OCCCCCCOc1ccc(OC(=O)C2CCC(COc3ccc4c(c3)nc(Oc3ccc(OC)cc3)c3cc(OCC5CCC(C(=O)Oc6ccc(OCCCCCCOC(=O)C=C)cc6)CC5)ccc34)CC2)cc1. The summed E-state index contributed by atoms with van der Waals surface area (Å²) in [5.41, 5.74) is 0.726. The summed E-state index contributed by atoms with van der Waals surface area (Å²) in [5.74, 6) is 4.58. The standard InChI is InChI=1S/C66H75NO14/c1-4-62(68)75-40-12-8-6-10-38-73-51-24-30-54(31-25-51)80-65(70)48-18-14-46(15-19-48)44-77-56-34-36-58-59-37-35-57(43-61(59)67-64(60(58)42-56)79-53-28-22-50(72-3)23-29-53)78-45-47-16-20-49(21-17-47)66(71)81-55-32-26-52(27-33-55)74-39-11-7-9-13-41-76-63(69)5-2/h4-5,22-37,42-43,46-49H,1-2,6-21,38-41,44-45H2,3H3. The molecule has 6 aromatic rings. The molecule has 0 amide bonds. The van der Waals surface area contributed by atoms with E-state index in [1.54, 1.807) is 31.4 Å². The van der Waals surface area contributed by atoms with Crippen LogP contribution in [0.3, 0.4) is 0 Å². The lowest BCUT2D eigenvalue weighted by Gasteiger charge is -2.27. The van der Waals surface area contributed by atoms with Gasteiger partial charge in [-0.1, -0.05) is 13.2 Å². The summed E-state index contributed by atoms with van der Waals surface area (Å²) in [5, 5.41) is 2.70. The van der Waals surface area contributed by atoms with Gasteiger partial charge in [0.05, 0.1) is 64.1 Å². The van der Waals surface area contributed by atoms with E-state index in [4.69, 9.17) is 52.4 Å². The largest absolute Gasteiger partial charge is 0.497 e. The minimum Gasteiger partial charge on any atom is -0.497 e. The average Bonchev–Trinajstić information content (AvgIpc) is 3.53. The van der Waals surface area contributed by atoms with Crippen LogP contribution >= 0.6 is 0 Å². The number of hydrogen-bond acceptors (Lipinski definition) is 15. The number of hydrogen-bond donors (Lipinski definition) is 0. The predicted molar refractivity (Wildman–Crippen MR) is 309 cm³/mol. The summed E-state index contributed by atoms with van der Waals surface area (Å²) in [6.07, 6.45) is 15.8. The Morgan fingerprint density at radius 3 is 1.32 bits per heavy atom. The smallest absolute Gasteiger partial charge is 0.330 e. The van der Waals surface area contributed by atoms with Crippen LogP contribution in [0.15, 0.2) is 135 Å². The van der Waals surface area contributed by atoms with Crippen LogP contribution in [0.4, 0.5) is 0 Å². The molecule has 5 aromatic carbocycles. The number of carbonyl (C=O) groups excluding carboxylic acids is 4. The van der Waals surface area contributed by atoms with Gasteiger partial charge in [-0.2, -0.15) is 0 Å². The summed E-state index contributed by atoms with van der Waals surface area (Å²) < 4.78 is 58.0. The van der Waals surface area contributed by atoms with Gasteiger partial charge in [0.25, 0.3) is 0 Å². The fourth-order valence-electron chi connectivity index (χ4n) is 10.1. The predicted octanol–water partition coefficient (Wildman–Crippen LogP) is 14.1. The topological polar surface area (TPSA) is 173 Å². The number of benzene rings is 5. The molecule has 0 atom stereocenters. The van der Waals surface area contributed by atoms with Crippen molar-refractivity contribution >= 4 is 45.6 Å². The molecule has 1 heterocycles. The molecule has 0 bridgehead atoms. The summed E-state index contributed by atoms with van der Waals surface area (Å²) in [7, 11) is 1.63. The Morgan fingerprint density at radius 2 is 0.852 bits per heavy atom. The van der Waals surface area contributed by atoms with Crippen molar-refractivity contribution < 1.29 is 66.5 Å². The number of pyridine rings is 1. The van der Waals surface area contributed by atoms with E-state index in [2.05, 4.69) is 13.2 Å². The molecule has 15 nitrogen and oxygen atoms in total. The number of aromatic nitrogens is 1. The van der Waals surface area contributed by atoms with Crippen LogP contribution < -0.4 is 37.9 Å². The third-order valence-electron chi connectivity index (χ3n) is 14.8. The van der Waals surface area contributed by atoms with Crippen LogP contribution in [0.1, 0.15) is 103 Å². The van der Waals surface area contributed by atoms with E-state index >= 15 is 0 Å². The molecule has 0 radical (unpaired) electrons. The Kier molecular flexibility index (Phi) is 22.7. The van der Waals surface area contributed by atoms with E-state index in [1.165, 1.54) is 12.2 Å². The maximum atomic E-state index is 13.2. The maximum Gasteiger partial charge on any atom is 0.330 e. The highest BCUT2D eigenvalue weighted by Crippen LogP contribution is 2.39. The highest BCUT2D eigenvalue weighted by molar-refractivity contribution is 6.08. The van der Waals surface area contributed by atoms with Crippen LogP contribution in [-0.4, -0.2) is 75.6 Å². The number of esters is 4. The fourth-order valence-corrected chi connectivity index (χ4v) is 10.1. The molecule has 0 unspecified atom stereocenters. The lowest BCUT2D eigenvalue weighted by molar-refractivity contribution is -0.141. The van der Waals surface area contributed by atoms with E-state index in [0.717, 1.165) is 130 Å². The summed E-state index contributed by atoms with van der Waals surface area (Å²) >= 11 is 0. The first kappa shape index (κ1) is 59.1. The Hall–Kier alpha value is -8.07. The van der Waals surface area contributed by atoms with Gasteiger partial charge in [-0.25, -0.2) is 14.6 Å². The molecule has 2 aliphatic carbocycles. The fraction of sp³-hybridized carbons (Fsp3) is 0.409. The normalized spacial score (nSPS) is 16.8. The Labute approximate surface area is 474 Å². The number of nitrogens with zero attached hydrogens (tertiary/aromatic N) is 1. The second-order valence-corrected chi connectivity index (χ2v) is 20.7. The number of fused-ring (bicyclic) bond motifs is 3. The van der Waals surface area contributed by atoms with Crippen molar-refractivity contribution in [2.75, 3.05) is 46.8 Å². The number of methoxy groups -OCH3 is 1. The monoisotopic (exact) mass is 1110 g/mol. The van der Waals surface area contributed by atoms with Gasteiger partial charge >= 0.3 is 23.9 Å². The number of ether oxygens (including phenoxy) is 10. The lowest BCUT2D eigenvalue weighted by atomic mass is 9.82. The molecule has 428 valence electrons. The molecule has 2 fully saturated rings. The minimum atomic E-state index is -0.395. The van der Waals surface area contributed by atoms with Gasteiger partial charge in [-0.05, 0) is 223 Å². The number of carbonyl (C=O) groups is 4. The molecule has 0 N–H and O–H groups in total. The van der Waals surface area contributed by atoms with E-state index in [-0.39, 0.29) is 29.7 Å². The van der Waals surface area contributed by atoms with Crippen molar-refractivity contribution in [3.8, 4) is 51.9 Å². The second kappa shape index (κ2) is 31.1. The van der Waals surface area contributed by atoms with Crippen molar-refractivity contribution in [1.29, 1.82) is 0 Å². The molecule has 0 aliphatic heterocycles. The number of rotatable bonds is 31. The molecule has 0 spiro atoms. The molecule has 2 saturated carbocycles. The molecule has 81 heavy (non-hydrogen) atoms. The van der Waals surface area contributed by atoms with Crippen LogP contribution in [0.2, 0.25) is 0 Å². The zero-order valence-corrected chi connectivity index (χ0v) is 46.5. The average molecular weight is 1110 g/mol. The van der Waals surface area contributed by atoms with Gasteiger partial charge < -0.3 is 47.4 Å². The Balaban J connectivity index is 0.781. The summed E-state index contributed by atoms with van der Waals surface area (Å²) in [6.45, 7) is 9.76. The molecule has 2 aliphatic rings. The van der Waals surface area contributed by atoms with Crippen molar-refractivity contribution in [2.45, 2.75) is 103 Å². The first-order valence-corrected chi connectivity index (χ1v) is 28.6. The van der Waals surface area contributed by atoms with Gasteiger partial charge in [0, 0.05) is 29.0 Å². The molecule has 0 saturated heterocycles. The Bertz CT molecular complexity index is 3000. The first-order valence-electron chi connectivity index (χ1n) is 28.6. The maximum absolute atomic E-state index is 13.2. The number of unbranched alkanes of at least 4 members (excludes halogenated alkanes) is 6. The van der Waals surface area contributed by atoms with Crippen molar-refractivity contribution in [3.63, 3.8) is 0 Å². The molecule has 1 aromatic heterocycles. The zero-order valence-electron chi connectivity index (χ0n) is 46.5. The van der Waals surface area contributed by atoms with Crippen molar-refractivity contribution in [1.82, 2.24) is 4.98 Å². The van der Waals surface area contributed by atoms with Gasteiger partial charge in [0.1, 0.15) is 46.0 Å². The van der Waals surface area contributed by atoms with Crippen LogP contribution in [-0.2, 0) is 28.7 Å². The van der Waals surface area contributed by atoms with E-state index in [1.807, 2.05) is 84.9 Å².